The first-order valence-corrected chi connectivity index (χ1v) is 13.2. The van der Waals surface area contributed by atoms with Gasteiger partial charge in [-0.3, -0.25) is 9.69 Å². The van der Waals surface area contributed by atoms with E-state index >= 15 is 0 Å². The van der Waals surface area contributed by atoms with E-state index in [1.165, 1.54) is 18.4 Å². The molecule has 2 aromatic carbocycles. The van der Waals surface area contributed by atoms with Crippen LogP contribution in [0.25, 0.3) is 0 Å². The molecule has 5 aliphatic rings. The van der Waals surface area contributed by atoms with Gasteiger partial charge in [0.1, 0.15) is 6.10 Å². The zero-order chi connectivity index (χ0) is 23.9. The number of hydrogen-bond acceptors (Lipinski definition) is 5. The van der Waals surface area contributed by atoms with Crippen molar-refractivity contribution in [3.8, 4) is 11.5 Å². The van der Waals surface area contributed by atoms with Gasteiger partial charge in [0.25, 0.3) is 0 Å². The summed E-state index contributed by atoms with van der Waals surface area (Å²) in [4.78, 5) is 18.2. The minimum Gasteiger partial charge on any atom is -0.504 e. The number of likely N-dealkylation sites (tertiary alicyclic amines) is 1. The van der Waals surface area contributed by atoms with Crippen molar-refractivity contribution in [2.24, 2.45) is 11.8 Å². The number of hydrogen-bond donors (Lipinski definition) is 2. The van der Waals surface area contributed by atoms with E-state index in [0.717, 1.165) is 43.0 Å². The molecule has 6 heteroatoms. The molecule has 184 valence electrons. The normalized spacial score (nSPS) is 34.7. The molecule has 35 heavy (non-hydrogen) atoms. The van der Waals surface area contributed by atoms with E-state index in [2.05, 4.69) is 4.90 Å². The summed E-state index contributed by atoms with van der Waals surface area (Å²) in [5, 5.41) is 23.3. The fourth-order valence-electron chi connectivity index (χ4n) is 7.95. The molecule has 0 unspecified atom stereocenters. The minimum absolute atomic E-state index is 0.0315. The smallest absolute Gasteiger partial charge is 0.229 e. The van der Waals surface area contributed by atoms with Crippen LogP contribution in [0.3, 0.4) is 0 Å². The Hall–Kier alpha value is -2.57. The summed E-state index contributed by atoms with van der Waals surface area (Å²) in [7, 11) is 1.86. The Labute approximate surface area is 206 Å². The van der Waals surface area contributed by atoms with Gasteiger partial charge in [-0.1, -0.05) is 36.4 Å². The number of piperidine rings is 1. The van der Waals surface area contributed by atoms with Gasteiger partial charge in [0.15, 0.2) is 11.5 Å². The fraction of sp³-hybridized carbons (Fsp3) is 0.552. The molecule has 2 heterocycles. The van der Waals surface area contributed by atoms with Crippen LogP contribution in [0, 0.1) is 11.8 Å². The van der Waals surface area contributed by atoms with Gasteiger partial charge in [-0.15, -0.1) is 0 Å². The molecule has 2 N–H and O–H groups in total. The number of carbonyl (C=O) groups excluding carboxylic acids is 1. The molecule has 6 nitrogen and oxygen atoms in total. The number of aromatic hydroxyl groups is 1. The number of aliphatic hydroxyl groups is 1. The number of benzene rings is 2. The van der Waals surface area contributed by atoms with E-state index in [1.54, 1.807) is 11.0 Å². The highest BCUT2D eigenvalue weighted by molar-refractivity contribution is 5.81. The zero-order valence-electron chi connectivity index (χ0n) is 20.3. The van der Waals surface area contributed by atoms with E-state index in [9.17, 15) is 15.0 Å². The van der Waals surface area contributed by atoms with E-state index in [1.807, 2.05) is 43.4 Å². The van der Waals surface area contributed by atoms with Crippen molar-refractivity contribution in [2.75, 3.05) is 20.1 Å². The first kappa shape index (κ1) is 21.7. The zero-order valence-corrected chi connectivity index (χ0v) is 20.3. The highest BCUT2D eigenvalue weighted by Crippen LogP contribution is 2.66. The molecule has 2 bridgehead atoms. The molecule has 2 saturated carbocycles. The van der Waals surface area contributed by atoms with Crippen LogP contribution in [0.5, 0.6) is 11.5 Å². The molecule has 1 saturated heterocycles. The summed E-state index contributed by atoms with van der Waals surface area (Å²) in [5.74, 6) is 1.09. The van der Waals surface area contributed by atoms with Crippen molar-refractivity contribution in [1.82, 2.24) is 9.80 Å². The lowest BCUT2D eigenvalue weighted by atomic mass is 9.47. The molecule has 1 spiro atoms. The standard InChI is InChI=1S/C29H34N2O4/c1-30(16-18-5-3-2-4-6-18)27(33)21-11-12-29(34)23-15-20-9-10-22(32)25-24(20)28(29,26(21)35-25)13-14-31(23)17-19-7-8-19/h2-6,9-10,19,21,23,26,32,34H,7-8,11-17H2,1H3/t21-,23+,26-,28-,29+/m0/s1. The molecule has 3 aliphatic carbocycles. The van der Waals surface area contributed by atoms with Crippen LogP contribution in [0.2, 0.25) is 0 Å². The third kappa shape index (κ3) is 2.93. The number of ether oxygens (including phenoxy) is 1. The van der Waals surface area contributed by atoms with Crippen molar-refractivity contribution < 1.29 is 19.7 Å². The molecule has 1 amide bonds. The van der Waals surface area contributed by atoms with Gasteiger partial charge in [0, 0.05) is 31.7 Å². The predicted octanol–water partition coefficient (Wildman–Crippen LogP) is 3.23. The molecule has 3 fully saturated rings. The number of amides is 1. The maximum Gasteiger partial charge on any atom is 0.229 e. The first-order valence-electron chi connectivity index (χ1n) is 13.2. The fourth-order valence-corrected chi connectivity index (χ4v) is 7.95. The van der Waals surface area contributed by atoms with Gasteiger partial charge in [-0.2, -0.15) is 0 Å². The summed E-state index contributed by atoms with van der Waals surface area (Å²) >= 11 is 0. The number of nitrogens with zero attached hydrogens (tertiary/aromatic N) is 2. The molecule has 5 atom stereocenters. The number of rotatable bonds is 5. The van der Waals surface area contributed by atoms with E-state index < -0.39 is 17.1 Å². The first-order chi connectivity index (χ1) is 16.9. The van der Waals surface area contributed by atoms with Crippen molar-refractivity contribution in [3.63, 3.8) is 0 Å². The van der Waals surface area contributed by atoms with Crippen molar-refractivity contribution >= 4 is 5.91 Å². The Morgan fingerprint density at radius 2 is 1.94 bits per heavy atom. The van der Waals surface area contributed by atoms with Crippen LogP contribution >= 0.6 is 0 Å². The maximum absolute atomic E-state index is 13.9. The highest BCUT2D eigenvalue weighted by Gasteiger charge is 2.73. The van der Waals surface area contributed by atoms with Crippen LogP contribution in [0.15, 0.2) is 42.5 Å². The number of carbonyl (C=O) groups is 1. The van der Waals surface area contributed by atoms with Gasteiger partial charge in [-0.25, -0.2) is 0 Å². The Morgan fingerprint density at radius 1 is 1.14 bits per heavy atom. The van der Waals surface area contributed by atoms with Gasteiger partial charge in [0.2, 0.25) is 5.91 Å². The monoisotopic (exact) mass is 474 g/mol. The van der Waals surface area contributed by atoms with Gasteiger partial charge >= 0.3 is 0 Å². The Kier molecular flexibility index (Phi) is 4.63. The molecule has 0 radical (unpaired) electrons. The molecule has 0 aromatic heterocycles. The van der Waals surface area contributed by atoms with Gasteiger partial charge in [0.05, 0.1) is 16.9 Å². The van der Waals surface area contributed by atoms with Crippen LogP contribution in [0.1, 0.15) is 48.8 Å². The van der Waals surface area contributed by atoms with E-state index in [4.69, 9.17) is 4.74 Å². The van der Waals surface area contributed by atoms with Crippen LogP contribution in [-0.2, 0) is 23.2 Å². The lowest BCUT2D eigenvalue weighted by Crippen LogP contribution is -2.77. The SMILES string of the molecule is CN(Cc1ccccc1)C(=O)[C@H]1CC[C@@]2(O)[C@H]3Cc4ccc(O)c5c4[C@@]2(CCN3CC2CC2)[C@H]1O5. The molecule has 7 rings (SSSR count). The molecular formula is C29H34N2O4. The summed E-state index contributed by atoms with van der Waals surface area (Å²) in [6.07, 6.45) is 4.83. The summed E-state index contributed by atoms with van der Waals surface area (Å²) in [6.45, 7) is 2.50. The van der Waals surface area contributed by atoms with Crippen LogP contribution in [0.4, 0.5) is 0 Å². The molecule has 2 aromatic rings. The minimum atomic E-state index is -0.953. The molecule has 2 aliphatic heterocycles. The average Bonchev–Trinajstić information content (AvgIpc) is 3.60. The number of phenols is 1. The third-order valence-electron chi connectivity index (χ3n) is 9.72. The van der Waals surface area contributed by atoms with Crippen LogP contribution < -0.4 is 4.74 Å². The lowest BCUT2D eigenvalue weighted by Gasteiger charge is -2.64. The van der Waals surface area contributed by atoms with Gasteiger partial charge in [-0.05, 0) is 68.2 Å². The van der Waals surface area contributed by atoms with Crippen molar-refractivity contribution in [2.45, 2.75) is 68.2 Å². The summed E-state index contributed by atoms with van der Waals surface area (Å²) < 4.78 is 6.56. The second-order valence-electron chi connectivity index (χ2n) is 11.6. The largest absolute Gasteiger partial charge is 0.504 e. The number of phenolic OH excluding ortho intramolecular Hbond substituents is 1. The van der Waals surface area contributed by atoms with Crippen molar-refractivity contribution in [3.05, 3.63) is 59.2 Å². The summed E-state index contributed by atoms with van der Waals surface area (Å²) in [6, 6.07) is 13.8. The quantitative estimate of drug-likeness (QED) is 0.696. The van der Waals surface area contributed by atoms with Crippen molar-refractivity contribution in [1.29, 1.82) is 0 Å². The highest BCUT2D eigenvalue weighted by atomic mass is 16.5. The molecular weight excluding hydrogens is 440 g/mol. The lowest BCUT2D eigenvalue weighted by molar-refractivity contribution is -0.201. The second-order valence-corrected chi connectivity index (χ2v) is 11.6. The van der Waals surface area contributed by atoms with Crippen LogP contribution in [-0.4, -0.2) is 63.8 Å². The average molecular weight is 475 g/mol. The Balaban J connectivity index is 1.28. The second kappa shape index (κ2) is 7.47. The Morgan fingerprint density at radius 3 is 2.71 bits per heavy atom. The van der Waals surface area contributed by atoms with E-state index in [-0.39, 0.29) is 23.6 Å². The maximum atomic E-state index is 13.9. The topological polar surface area (TPSA) is 73.2 Å². The van der Waals surface area contributed by atoms with E-state index in [0.29, 0.717) is 25.1 Å². The third-order valence-corrected chi connectivity index (χ3v) is 9.72. The summed E-state index contributed by atoms with van der Waals surface area (Å²) in [5.41, 5.74) is 1.64. The Bertz CT molecular complexity index is 1180. The predicted molar refractivity (Wildman–Crippen MR) is 131 cm³/mol. The van der Waals surface area contributed by atoms with Gasteiger partial charge < -0.3 is 19.8 Å².